The third kappa shape index (κ3) is 3.77. The number of benzene rings is 2. The van der Waals surface area contributed by atoms with Crippen LogP contribution in [0, 0.1) is 17.7 Å². The molecule has 0 aromatic heterocycles. The van der Waals surface area contributed by atoms with Crippen molar-refractivity contribution in [3.8, 4) is 11.5 Å². The molecule has 29 heavy (non-hydrogen) atoms. The van der Waals surface area contributed by atoms with Gasteiger partial charge in [-0.3, -0.25) is 9.59 Å². The lowest BCUT2D eigenvalue weighted by Gasteiger charge is -2.30. The monoisotopic (exact) mass is 398 g/mol. The zero-order chi connectivity index (χ0) is 20.5. The number of methoxy groups -OCH3 is 2. The van der Waals surface area contributed by atoms with Crippen LogP contribution in [0.5, 0.6) is 11.5 Å². The fourth-order valence-corrected chi connectivity index (χ4v) is 3.85. The van der Waals surface area contributed by atoms with Crippen LogP contribution in [0.3, 0.4) is 0 Å². The predicted molar refractivity (Wildman–Crippen MR) is 105 cm³/mol. The second kappa shape index (κ2) is 7.73. The first kappa shape index (κ1) is 19.2. The van der Waals surface area contributed by atoms with E-state index in [9.17, 15) is 14.0 Å². The summed E-state index contributed by atoms with van der Waals surface area (Å²) in [5, 5.41) is 2.59. The number of carbonyl (C=O) groups excluding carboxylic acids is 2. The van der Waals surface area contributed by atoms with Crippen molar-refractivity contribution in [2.24, 2.45) is 11.8 Å². The molecule has 0 bridgehead atoms. The normalized spacial score (nSPS) is 19.9. The Kier molecular flexibility index (Phi) is 5.13. The first-order valence-electron chi connectivity index (χ1n) is 9.59. The molecule has 2 aromatic carbocycles. The molecule has 2 unspecified atom stereocenters. The molecular weight excluding hydrogens is 375 g/mol. The number of ether oxygens (including phenoxy) is 2. The molecule has 1 saturated carbocycles. The Hall–Kier alpha value is -3.09. The first-order chi connectivity index (χ1) is 14.0. The van der Waals surface area contributed by atoms with E-state index in [0.717, 1.165) is 17.5 Å². The highest BCUT2D eigenvalue weighted by Crippen LogP contribution is 2.42. The van der Waals surface area contributed by atoms with Crippen LogP contribution < -0.4 is 14.8 Å². The maximum Gasteiger partial charge on any atom is 0.228 e. The van der Waals surface area contributed by atoms with Gasteiger partial charge in [0.2, 0.25) is 11.8 Å². The highest BCUT2D eigenvalue weighted by atomic mass is 19.1. The number of anilines is 1. The lowest BCUT2D eigenvalue weighted by Crippen LogP contribution is -2.37. The summed E-state index contributed by atoms with van der Waals surface area (Å²) in [6, 6.07) is 9.88. The van der Waals surface area contributed by atoms with Gasteiger partial charge in [0.25, 0.3) is 0 Å². The Morgan fingerprint density at radius 1 is 1.07 bits per heavy atom. The van der Waals surface area contributed by atoms with E-state index in [0.29, 0.717) is 31.0 Å². The fraction of sp³-hybridized carbons (Fsp3) is 0.364. The lowest BCUT2D eigenvalue weighted by atomic mass is 9.98. The van der Waals surface area contributed by atoms with Crippen molar-refractivity contribution in [1.29, 1.82) is 0 Å². The van der Waals surface area contributed by atoms with Gasteiger partial charge in [0, 0.05) is 13.1 Å². The summed E-state index contributed by atoms with van der Waals surface area (Å²) in [7, 11) is 3.18. The maximum atomic E-state index is 13.7. The minimum Gasteiger partial charge on any atom is -0.493 e. The summed E-state index contributed by atoms with van der Waals surface area (Å²) < 4.78 is 24.4. The standard InChI is InChI=1S/C22H23FN2O4/c1-28-19-9-13-7-8-25(12-14(13)10-20(19)29-2)22(27)16-11-15(16)21(26)24-18-6-4-3-5-17(18)23/h3-6,9-10,15-16H,7-8,11-12H2,1-2H3,(H,24,26). The van der Waals surface area contributed by atoms with E-state index in [2.05, 4.69) is 5.32 Å². The van der Waals surface area contributed by atoms with Gasteiger partial charge in [0.1, 0.15) is 5.82 Å². The average molecular weight is 398 g/mol. The molecule has 4 rings (SSSR count). The van der Waals surface area contributed by atoms with Crippen molar-refractivity contribution in [3.63, 3.8) is 0 Å². The molecule has 1 fully saturated rings. The zero-order valence-corrected chi connectivity index (χ0v) is 16.4. The van der Waals surface area contributed by atoms with Gasteiger partial charge in [-0.25, -0.2) is 4.39 Å². The molecule has 7 heteroatoms. The van der Waals surface area contributed by atoms with Gasteiger partial charge in [-0.05, 0) is 48.2 Å². The molecule has 1 aliphatic carbocycles. The molecule has 2 aliphatic rings. The first-order valence-corrected chi connectivity index (χ1v) is 9.59. The molecule has 1 heterocycles. The molecule has 2 atom stereocenters. The molecule has 1 N–H and O–H groups in total. The summed E-state index contributed by atoms with van der Waals surface area (Å²) in [5.74, 6) is -0.262. The van der Waals surface area contributed by atoms with Crippen molar-refractivity contribution in [2.75, 3.05) is 26.1 Å². The van der Waals surface area contributed by atoms with Crippen molar-refractivity contribution in [2.45, 2.75) is 19.4 Å². The Morgan fingerprint density at radius 2 is 1.76 bits per heavy atom. The van der Waals surface area contributed by atoms with E-state index in [1.807, 2.05) is 12.1 Å². The molecule has 6 nitrogen and oxygen atoms in total. The van der Waals surface area contributed by atoms with Crippen molar-refractivity contribution in [3.05, 3.63) is 53.3 Å². The highest BCUT2D eigenvalue weighted by Gasteiger charge is 2.49. The van der Waals surface area contributed by atoms with Crippen LogP contribution in [0.1, 0.15) is 17.5 Å². The minimum atomic E-state index is -0.485. The second-order valence-corrected chi connectivity index (χ2v) is 7.40. The molecule has 0 spiro atoms. The van der Waals surface area contributed by atoms with Crippen LogP contribution in [-0.2, 0) is 22.6 Å². The zero-order valence-electron chi connectivity index (χ0n) is 16.4. The van der Waals surface area contributed by atoms with E-state index in [-0.39, 0.29) is 23.4 Å². The summed E-state index contributed by atoms with van der Waals surface area (Å²) in [6.07, 6.45) is 1.22. The van der Waals surface area contributed by atoms with Crippen LogP contribution in [0.2, 0.25) is 0 Å². The minimum absolute atomic E-state index is 0.0286. The number of carbonyl (C=O) groups is 2. The van der Waals surface area contributed by atoms with E-state index < -0.39 is 11.7 Å². The van der Waals surface area contributed by atoms with Gasteiger partial charge in [-0.2, -0.15) is 0 Å². The third-order valence-corrected chi connectivity index (χ3v) is 5.61. The van der Waals surface area contributed by atoms with Gasteiger partial charge in [-0.15, -0.1) is 0 Å². The number of nitrogens with one attached hydrogen (secondary N) is 1. The number of hydrogen-bond acceptors (Lipinski definition) is 4. The summed E-state index contributed by atoms with van der Waals surface area (Å²) in [4.78, 5) is 27.1. The Bertz CT molecular complexity index is 962. The Balaban J connectivity index is 1.40. The lowest BCUT2D eigenvalue weighted by molar-refractivity contribution is -0.135. The van der Waals surface area contributed by atoms with Crippen LogP contribution in [0.15, 0.2) is 36.4 Å². The van der Waals surface area contributed by atoms with E-state index in [1.165, 1.54) is 12.1 Å². The van der Waals surface area contributed by atoms with Crippen molar-refractivity contribution < 1.29 is 23.5 Å². The quantitative estimate of drug-likeness (QED) is 0.841. The predicted octanol–water partition coefficient (Wildman–Crippen LogP) is 3.00. The van der Waals surface area contributed by atoms with Crippen molar-refractivity contribution >= 4 is 17.5 Å². The number of rotatable bonds is 5. The second-order valence-electron chi connectivity index (χ2n) is 7.40. The summed E-state index contributed by atoms with van der Waals surface area (Å²) >= 11 is 0. The molecule has 152 valence electrons. The van der Waals surface area contributed by atoms with Crippen LogP contribution in [0.25, 0.3) is 0 Å². The number of halogens is 1. The number of amides is 2. The molecule has 0 saturated heterocycles. The van der Waals surface area contributed by atoms with Gasteiger partial charge in [0.05, 0.1) is 31.7 Å². The fourth-order valence-electron chi connectivity index (χ4n) is 3.85. The largest absolute Gasteiger partial charge is 0.493 e. The summed E-state index contributed by atoms with van der Waals surface area (Å²) in [6.45, 7) is 1.08. The third-order valence-electron chi connectivity index (χ3n) is 5.61. The summed E-state index contributed by atoms with van der Waals surface area (Å²) in [5.41, 5.74) is 2.30. The van der Waals surface area contributed by atoms with E-state index in [4.69, 9.17) is 9.47 Å². The Labute approximate surface area is 168 Å². The average Bonchev–Trinajstić information content (AvgIpc) is 3.54. The molecular formula is C22H23FN2O4. The van der Waals surface area contributed by atoms with Gasteiger partial charge in [0.15, 0.2) is 11.5 Å². The number of nitrogens with zero attached hydrogens (tertiary/aromatic N) is 1. The topological polar surface area (TPSA) is 67.9 Å². The number of fused-ring (bicyclic) bond motifs is 1. The molecule has 2 aromatic rings. The number of hydrogen-bond donors (Lipinski definition) is 1. The van der Waals surface area contributed by atoms with Crippen LogP contribution >= 0.6 is 0 Å². The van der Waals surface area contributed by atoms with Crippen molar-refractivity contribution in [1.82, 2.24) is 4.90 Å². The Morgan fingerprint density at radius 3 is 2.45 bits per heavy atom. The molecule has 1 aliphatic heterocycles. The van der Waals surface area contributed by atoms with Crippen LogP contribution in [0.4, 0.5) is 10.1 Å². The molecule has 2 amide bonds. The van der Waals surface area contributed by atoms with Gasteiger partial charge in [-0.1, -0.05) is 12.1 Å². The maximum absolute atomic E-state index is 13.7. The number of para-hydroxylation sites is 1. The SMILES string of the molecule is COc1cc2c(cc1OC)CN(C(=O)C1CC1C(=O)Nc1ccccc1F)CC2. The van der Waals surface area contributed by atoms with E-state index >= 15 is 0 Å². The smallest absolute Gasteiger partial charge is 0.228 e. The van der Waals surface area contributed by atoms with Gasteiger partial charge >= 0.3 is 0 Å². The van der Waals surface area contributed by atoms with E-state index in [1.54, 1.807) is 31.3 Å². The highest BCUT2D eigenvalue weighted by molar-refractivity contribution is 5.99. The molecule has 0 radical (unpaired) electrons. The van der Waals surface area contributed by atoms with Gasteiger partial charge < -0.3 is 19.7 Å². The van der Waals surface area contributed by atoms with Crippen LogP contribution in [-0.4, -0.2) is 37.5 Å².